The Bertz CT molecular complexity index is 820. The molecule has 1 amide bonds. The van der Waals surface area contributed by atoms with Crippen molar-refractivity contribution in [1.29, 1.82) is 0 Å². The topological polar surface area (TPSA) is 76.1 Å². The van der Waals surface area contributed by atoms with Crippen LogP contribution < -0.4 is 0 Å². The Labute approximate surface area is 185 Å². The van der Waals surface area contributed by atoms with E-state index in [1.807, 2.05) is 67.6 Å². The predicted octanol–water partition coefficient (Wildman–Crippen LogP) is 5.18. The summed E-state index contributed by atoms with van der Waals surface area (Å²) < 4.78 is 24.3. The van der Waals surface area contributed by atoms with Crippen LogP contribution in [0.5, 0.6) is 0 Å². The molecule has 170 valence electrons. The highest BCUT2D eigenvalue weighted by molar-refractivity contribution is 7.54. The minimum Gasteiger partial charge on any atom is -0.394 e. The number of carbonyl (C=O) groups is 1. The van der Waals surface area contributed by atoms with E-state index in [1.54, 1.807) is 18.7 Å². The molecule has 2 aromatic carbocycles. The van der Waals surface area contributed by atoms with Crippen molar-refractivity contribution in [3.63, 3.8) is 0 Å². The van der Waals surface area contributed by atoms with Gasteiger partial charge in [-0.15, -0.1) is 0 Å². The summed E-state index contributed by atoms with van der Waals surface area (Å²) in [7, 11) is -3.43. The monoisotopic (exact) mass is 447 g/mol. The van der Waals surface area contributed by atoms with E-state index in [2.05, 4.69) is 0 Å². The first-order chi connectivity index (χ1) is 15.0. The fourth-order valence-corrected chi connectivity index (χ4v) is 5.66. The quantitative estimate of drug-likeness (QED) is 0.428. The molecule has 0 fully saturated rings. The second-order valence-corrected chi connectivity index (χ2v) is 9.58. The molecule has 2 aromatic rings. The molecule has 31 heavy (non-hydrogen) atoms. The number of nitrogens with zero attached hydrogens (tertiary/aromatic N) is 1. The van der Waals surface area contributed by atoms with Gasteiger partial charge < -0.3 is 19.1 Å². The number of aliphatic hydroxyl groups excluding tert-OH is 1. The minimum absolute atomic E-state index is 0.0178. The number of hydrogen-bond donors (Lipinski definition) is 1. The molecule has 7 heteroatoms. The molecule has 0 bridgehead atoms. The molecule has 0 heterocycles. The fourth-order valence-electron chi connectivity index (χ4n) is 3.62. The zero-order chi connectivity index (χ0) is 22.7. The largest absolute Gasteiger partial charge is 0.394 e. The lowest BCUT2D eigenvalue weighted by molar-refractivity contribution is -0.135. The highest BCUT2D eigenvalue weighted by Crippen LogP contribution is 2.55. The lowest BCUT2D eigenvalue weighted by atomic mass is 10.0. The molecule has 2 rings (SSSR count). The molecule has 0 saturated carbocycles. The Morgan fingerprint density at radius 1 is 0.968 bits per heavy atom. The molecule has 0 aliphatic rings. The molecular formula is C24H34NO5P. The minimum atomic E-state index is -3.43. The number of aliphatic hydroxyl groups is 1. The normalized spacial score (nSPS) is 13.5. The molecule has 1 N–H and O–H groups in total. The van der Waals surface area contributed by atoms with Crippen molar-refractivity contribution in [3.05, 3.63) is 71.8 Å². The summed E-state index contributed by atoms with van der Waals surface area (Å²) in [6.07, 6.45) is 0.501. The van der Waals surface area contributed by atoms with Gasteiger partial charge in [0.1, 0.15) is 0 Å². The van der Waals surface area contributed by atoms with Gasteiger partial charge in [0, 0.05) is 13.0 Å². The average Bonchev–Trinajstić information content (AvgIpc) is 2.78. The smallest absolute Gasteiger partial charge is 0.334 e. The van der Waals surface area contributed by atoms with Gasteiger partial charge in [-0.05, 0) is 31.4 Å². The molecule has 0 saturated heterocycles. The summed E-state index contributed by atoms with van der Waals surface area (Å²) in [6, 6.07) is 18.6. The van der Waals surface area contributed by atoms with Gasteiger partial charge in [-0.1, -0.05) is 67.6 Å². The highest BCUT2D eigenvalue weighted by atomic mass is 31.2. The highest BCUT2D eigenvalue weighted by Gasteiger charge is 2.37. The van der Waals surface area contributed by atoms with Crippen molar-refractivity contribution in [1.82, 2.24) is 4.90 Å². The molecule has 0 aromatic heterocycles. The van der Waals surface area contributed by atoms with Gasteiger partial charge in [0.15, 0.2) is 0 Å². The van der Waals surface area contributed by atoms with E-state index in [0.29, 0.717) is 13.0 Å². The molecule has 0 spiro atoms. The van der Waals surface area contributed by atoms with Gasteiger partial charge in [0.2, 0.25) is 5.91 Å². The Morgan fingerprint density at radius 3 is 2.00 bits per heavy atom. The van der Waals surface area contributed by atoms with Gasteiger partial charge in [-0.25, -0.2) is 0 Å². The third kappa shape index (κ3) is 7.01. The number of hydrogen-bond acceptors (Lipinski definition) is 5. The van der Waals surface area contributed by atoms with Crippen molar-refractivity contribution in [2.45, 2.75) is 51.9 Å². The lowest BCUT2D eigenvalue weighted by Crippen LogP contribution is -2.38. The van der Waals surface area contributed by atoms with Crippen LogP contribution in [-0.2, 0) is 25.0 Å². The number of amides is 1. The van der Waals surface area contributed by atoms with E-state index in [1.165, 1.54) is 0 Å². The maximum Gasteiger partial charge on any atom is 0.334 e. The van der Waals surface area contributed by atoms with Crippen LogP contribution in [0.25, 0.3) is 0 Å². The summed E-state index contributed by atoms with van der Waals surface area (Å²) in [6.45, 7) is 6.03. The number of rotatable bonds is 13. The summed E-state index contributed by atoms with van der Waals surface area (Å²) in [5, 5.41) is 10.2. The van der Waals surface area contributed by atoms with Crippen molar-refractivity contribution < 1.29 is 23.5 Å². The van der Waals surface area contributed by atoms with Gasteiger partial charge in [0.05, 0.1) is 31.5 Å². The third-order valence-corrected chi connectivity index (χ3v) is 7.87. The first-order valence-electron chi connectivity index (χ1n) is 10.9. The van der Waals surface area contributed by atoms with Crippen molar-refractivity contribution >= 4 is 13.5 Å². The van der Waals surface area contributed by atoms with Crippen molar-refractivity contribution in [2.24, 2.45) is 0 Å². The van der Waals surface area contributed by atoms with Crippen LogP contribution in [-0.4, -0.2) is 41.4 Å². The van der Waals surface area contributed by atoms with Gasteiger partial charge in [-0.3, -0.25) is 9.36 Å². The molecule has 2 atom stereocenters. The molecule has 0 unspecified atom stereocenters. The molecule has 0 aliphatic carbocycles. The Balaban J connectivity index is 2.35. The zero-order valence-electron chi connectivity index (χ0n) is 18.6. The van der Waals surface area contributed by atoms with E-state index in [0.717, 1.165) is 11.1 Å². The van der Waals surface area contributed by atoms with E-state index in [9.17, 15) is 14.5 Å². The van der Waals surface area contributed by atoms with Crippen LogP contribution in [0.2, 0.25) is 0 Å². The standard InChI is InChI=1S/C24H34NO5P/c1-4-22(31(28,29-5-2)30-6-3)17-24(27)25(18-20-13-9-7-10-14-20)23(19-26)21-15-11-8-12-16-21/h7-16,22-23,26H,4-6,17-19H2,1-3H3/t22-,23+/m1/s1. The zero-order valence-corrected chi connectivity index (χ0v) is 19.5. The number of carbonyl (C=O) groups excluding carboxylic acids is 1. The van der Waals surface area contributed by atoms with Crippen LogP contribution in [0.1, 0.15) is 50.8 Å². The Morgan fingerprint density at radius 2 is 1.52 bits per heavy atom. The second kappa shape index (κ2) is 12.8. The molecule has 0 aliphatic heterocycles. The summed E-state index contributed by atoms with van der Waals surface area (Å²) in [5.41, 5.74) is 1.25. The summed E-state index contributed by atoms with van der Waals surface area (Å²) in [4.78, 5) is 15.2. The average molecular weight is 448 g/mol. The summed E-state index contributed by atoms with van der Waals surface area (Å²) >= 11 is 0. The SMILES string of the molecule is CCOP(=O)(OCC)[C@H](CC)CC(=O)N(Cc1ccccc1)[C@@H](CO)c1ccccc1. The van der Waals surface area contributed by atoms with E-state index >= 15 is 0 Å². The first kappa shape index (κ1) is 25.3. The summed E-state index contributed by atoms with van der Waals surface area (Å²) in [5.74, 6) is -0.196. The first-order valence-corrected chi connectivity index (χ1v) is 12.5. The number of benzene rings is 2. The van der Waals surface area contributed by atoms with Crippen LogP contribution in [0.4, 0.5) is 0 Å². The maximum atomic E-state index is 13.5. The lowest BCUT2D eigenvalue weighted by Gasteiger charge is -2.33. The van der Waals surface area contributed by atoms with Crippen molar-refractivity contribution in [2.75, 3.05) is 19.8 Å². The fraction of sp³-hybridized carbons (Fsp3) is 0.458. The molecule has 6 nitrogen and oxygen atoms in total. The van der Waals surface area contributed by atoms with Crippen molar-refractivity contribution in [3.8, 4) is 0 Å². The van der Waals surface area contributed by atoms with E-state index in [4.69, 9.17) is 9.05 Å². The van der Waals surface area contributed by atoms with Crippen LogP contribution in [0.15, 0.2) is 60.7 Å². The van der Waals surface area contributed by atoms with Gasteiger partial charge in [0.25, 0.3) is 0 Å². The van der Waals surface area contributed by atoms with Crippen LogP contribution in [0, 0.1) is 0 Å². The predicted molar refractivity (Wildman–Crippen MR) is 123 cm³/mol. The molecular weight excluding hydrogens is 413 g/mol. The van der Waals surface area contributed by atoms with Gasteiger partial charge >= 0.3 is 7.60 Å². The molecule has 0 radical (unpaired) electrons. The maximum absolute atomic E-state index is 13.5. The van der Waals surface area contributed by atoms with Gasteiger partial charge in [-0.2, -0.15) is 0 Å². The van der Waals surface area contributed by atoms with E-state index in [-0.39, 0.29) is 32.1 Å². The second-order valence-electron chi connectivity index (χ2n) is 7.26. The van der Waals surface area contributed by atoms with Crippen LogP contribution >= 0.6 is 7.60 Å². The Hall–Kier alpha value is -1.98. The third-order valence-electron chi connectivity index (χ3n) is 5.20. The Kier molecular flexibility index (Phi) is 10.4. The van der Waals surface area contributed by atoms with E-state index < -0.39 is 19.3 Å². The van der Waals surface area contributed by atoms with Crippen LogP contribution in [0.3, 0.4) is 0 Å².